The van der Waals surface area contributed by atoms with Crippen LogP contribution < -0.4 is 10.5 Å². The molecule has 0 amide bonds. The van der Waals surface area contributed by atoms with E-state index in [1.807, 2.05) is 0 Å². The van der Waals surface area contributed by atoms with Gasteiger partial charge in [0.05, 0.1) is 4.90 Å². The predicted octanol–water partition coefficient (Wildman–Crippen LogP) is 2.97. The third-order valence-electron chi connectivity index (χ3n) is 4.24. The van der Waals surface area contributed by atoms with Crippen molar-refractivity contribution in [2.75, 3.05) is 12.3 Å². The Labute approximate surface area is 126 Å². The van der Waals surface area contributed by atoms with Crippen molar-refractivity contribution in [2.45, 2.75) is 50.3 Å². The van der Waals surface area contributed by atoms with Gasteiger partial charge >= 0.3 is 0 Å². The third kappa shape index (κ3) is 4.17. The molecule has 0 bridgehead atoms. The van der Waals surface area contributed by atoms with Gasteiger partial charge in [0, 0.05) is 17.8 Å². The molecule has 4 nitrogen and oxygen atoms in total. The van der Waals surface area contributed by atoms with E-state index in [2.05, 4.69) is 4.72 Å². The fraction of sp³-hybridized carbons (Fsp3) is 0.600. The number of hydrogen-bond donors (Lipinski definition) is 2. The minimum Gasteiger partial charge on any atom is -0.398 e. The van der Waals surface area contributed by atoms with Gasteiger partial charge in [0.15, 0.2) is 0 Å². The molecule has 1 saturated carbocycles. The van der Waals surface area contributed by atoms with Gasteiger partial charge in [0.2, 0.25) is 10.0 Å². The van der Waals surface area contributed by atoms with E-state index in [4.69, 9.17) is 5.73 Å². The largest absolute Gasteiger partial charge is 0.398 e. The van der Waals surface area contributed by atoms with E-state index in [1.54, 1.807) is 0 Å². The summed E-state index contributed by atoms with van der Waals surface area (Å²) >= 11 is 0. The number of anilines is 1. The van der Waals surface area contributed by atoms with Crippen LogP contribution in [0, 0.1) is 18.7 Å². The SMILES string of the molecule is Cc1c(N)cc(S(=O)(=O)NCCC2CCCCC2)cc1F. The smallest absolute Gasteiger partial charge is 0.240 e. The zero-order chi connectivity index (χ0) is 15.5. The molecule has 6 heteroatoms. The molecule has 0 radical (unpaired) electrons. The maximum absolute atomic E-state index is 13.6. The fourth-order valence-electron chi connectivity index (χ4n) is 2.79. The molecule has 2 rings (SSSR count). The first kappa shape index (κ1) is 16.2. The van der Waals surface area contributed by atoms with Crippen molar-refractivity contribution in [1.29, 1.82) is 0 Å². The lowest BCUT2D eigenvalue weighted by molar-refractivity contribution is 0.339. The van der Waals surface area contributed by atoms with Crippen molar-refractivity contribution in [3.05, 3.63) is 23.5 Å². The Morgan fingerprint density at radius 1 is 1.29 bits per heavy atom. The number of nitrogens with two attached hydrogens (primary N) is 1. The summed E-state index contributed by atoms with van der Waals surface area (Å²) in [4.78, 5) is -0.105. The van der Waals surface area contributed by atoms with Crippen LogP contribution in [0.3, 0.4) is 0 Å². The van der Waals surface area contributed by atoms with E-state index in [0.717, 1.165) is 12.5 Å². The Morgan fingerprint density at radius 2 is 1.95 bits per heavy atom. The summed E-state index contributed by atoms with van der Waals surface area (Å²) in [6, 6.07) is 2.33. The molecule has 0 aliphatic heterocycles. The zero-order valence-corrected chi connectivity index (χ0v) is 13.2. The van der Waals surface area contributed by atoms with Crippen LogP contribution in [0.2, 0.25) is 0 Å². The van der Waals surface area contributed by atoms with E-state index < -0.39 is 15.8 Å². The molecule has 21 heavy (non-hydrogen) atoms. The second-order valence-electron chi connectivity index (χ2n) is 5.81. The van der Waals surface area contributed by atoms with Crippen LogP contribution in [0.5, 0.6) is 0 Å². The van der Waals surface area contributed by atoms with Crippen molar-refractivity contribution in [3.8, 4) is 0 Å². The van der Waals surface area contributed by atoms with Crippen molar-refractivity contribution < 1.29 is 12.8 Å². The Kier molecular flexibility index (Phi) is 5.22. The first-order valence-electron chi connectivity index (χ1n) is 7.45. The number of sulfonamides is 1. The van der Waals surface area contributed by atoms with Gasteiger partial charge in [-0.05, 0) is 31.4 Å². The highest BCUT2D eigenvalue weighted by Crippen LogP contribution is 2.26. The second-order valence-corrected chi connectivity index (χ2v) is 7.58. The molecule has 1 aromatic rings. The Morgan fingerprint density at radius 3 is 2.57 bits per heavy atom. The van der Waals surface area contributed by atoms with Crippen molar-refractivity contribution in [2.24, 2.45) is 5.92 Å². The molecule has 1 aliphatic rings. The van der Waals surface area contributed by atoms with E-state index in [1.165, 1.54) is 45.1 Å². The van der Waals surface area contributed by atoms with Gasteiger partial charge in [0.25, 0.3) is 0 Å². The molecule has 0 unspecified atom stereocenters. The second kappa shape index (κ2) is 6.75. The highest BCUT2D eigenvalue weighted by Gasteiger charge is 2.19. The fourth-order valence-corrected chi connectivity index (χ4v) is 3.88. The molecule has 0 spiro atoms. The molecule has 3 N–H and O–H groups in total. The zero-order valence-electron chi connectivity index (χ0n) is 12.4. The number of hydrogen-bond acceptors (Lipinski definition) is 3. The predicted molar refractivity (Wildman–Crippen MR) is 81.9 cm³/mol. The van der Waals surface area contributed by atoms with Gasteiger partial charge in [-0.3, -0.25) is 0 Å². The Hall–Kier alpha value is -1.14. The van der Waals surface area contributed by atoms with Crippen LogP contribution in [-0.2, 0) is 10.0 Å². The van der Waals surface area contributed by atoms with Gasteiger partial charge in [-0.25, -0.2) is 17.5 Å². The summed E-state index contributed by atoms with van der Waals surface area (Å²) in [6.07, 6.45) is 6.93. The van der Waals surface area contributed by atoms with Crippen LogP contribution >= 0.6 is 0 Å². The molecule has 0 saturated heterocycles. The molecule has 0 heterocycles. The highest BCUT2D eigenvalue weighted by atomic mass is 32.2. The monoisotopic (exact) mass is 314 g/mol. The number of halogens is 1. The molecular weight excluding hydrogens is 291 g/mol. The minimum atomic E-state index is -3.69. The van der Waals surface area contributed by atoms with Crippen LogP contribution in [0.4, 0.5) is 10.1 Å². The molecule has 1 fully saturated rings. The summed E-state index contributed by atoms with van der Waals surface area (Å²) in [5.74, 6) is 0.00364. The van der Waals surface area contributed by atoms with E-state index >= 15 is 0 Å². The molecule has 0 aromatic heterocycles. The molecule has 1 aliphatic carbocycles. The number of nitrogens with one attached hydrogen (secondary N) is 1. The van der Waals surface area contributed by atoms with Crippen LogP contribution in [0.1, 0.15) is 44.1 Å². The molecule has 118 valence electrons. The van der Waals surface area contributed by atoms with E-state index in [9.17, 15) is 12.8 Å². The summed E-state index contributed by atoms with van der Waals surface area (Å²) in [5, 5.41) is 0. The Balaban J connectivity index is 1.98. The van der Waals surface area contributed by atoms with E-state index in [-0.39, 0.29) is 16.1 Å². The summed E-state index contributed by atoms with van der Waals surface area (Å²) < 4.78 is 40.5. The lowest BCUT2D eigenvalue weighted by Crippen LogP contribution is -2.27. The van der Waals surface area contributed by atoms with Crippen LogP contribution in [-0.4, -0.2) is 15.0 Å². The highest BCUT2D eigenvalue weighted by molar-refractivity contribution is 7.89. The van der Waals surface area contributed by atoms with Gasteiger partial charge in [0.1, 0.15) is 5.82 Å². The number of nitrogen functional groups attached to an aromatic ring is 1. The normalized spacial score (nSPS) is 17.0. The molecule has 1 aromatic carbocycles. The van der Waals surface area contributed by atoms with Crippen LogP contribution in [0.15, 0.2) is 17.0 Å². The van der Waals surface area contributed by atoms with E-state index in [0.29, 0.717) is 12.5 Å². The maximum atomic E-state index is 13.6. The first-order valence-corrected chi connectivity index (χ1v) is 8.94. The number of rotatable bonds is 5. The third-order valence-corrected chi connectivity index (χ3v) is 5.68. The lowest BCUT2D eigenvalue weighted by atomic mass is 9.87. The minimum absolute atomic E-state index is 0.105. The molecular formula is C15H23FN2O2S. The topological polar surface area (TPSA) is 72.2 Å². The first-order chi connectivity index (χ1) is 9.90. The molecule has 0 atom stereocenters. The maximum Gasteiger partial charge on any atom is 0.240 e. The van der Waals surface area contributed by atoms with Gasteiger partial charge in [-0.2, -0.15) is 0 Å². The summed E-state index contributed by atoms with van der Waals surface area (Å²) in [5.41, 5.74) is 6.06. The number of benzene rings is 1. The average molecular weight is 314 g/mol. The standard InChI is InChI=1S/C15H23FN2O2S/c1-11-14(16)9-13(10-15(11)17)21(19,20)18-8-7-12-5-3-2-4-6-12/h9-10,12,18H,2-8,17H2,1H3. The van der Waals surface area contributed by atoms with Gasteiger partial charge < -0.3 is 5.73 Å². The van der Waals surface area contributed by atoms with Crippen molar-refractivity contribution in [1.82, 2.24) is 4.72 Å². The van der Waals surface area contributed by atoms with Gasteiger partial charge in [-0.15, -0.1) is 0 Å². The summed E-state index contributed by atoms with van der Waals surface area (Å²) in [6.45, 7) is 1.92. The van der Waals surface area contributed by atoms with Crippen molar-refractivity contribution >= 4 is 15.7 Å². The van der Waals surface area contributed by atoms with Crippen LogP contribution in [0.25, 0.3) is 0 Å². The summed E-state index contributed by atoms with van der Waals surface area (Å²) in [7, 11) is -3.69. The Bertz CT molecular complexity index is 573. The van der Waals surface area contributed by atoms with Crippen molar-refractivity contribution in [3.63, 3.8) is 0 Å². The lowest BCUT2D eigenvalue weighted by Gasteiger charge is -2.21. The average Bonchev–Trinajstić information content (AvgIpc) is 2.45. The van der Waals surface area contributed by atoms with Gasteiger partial charge in [-0.1, -0.05) is 32.1 Å². The quantitative estimate of drug-likeness (QED) is 0.821.